The van der Waals surface area contributed by atoms with Crippen molar-refractivity contribution in [2.75, 3.05) is 26.2 Å². The summed E-state index contributed by atoms with van der Waals surface area (Å²) < 4.78 is 0. The van der Waals surface area contributed by atoms with Crippen molar-refractivity contribution in [3.8, 4) is 5.75 Å². The monoisotopic (exact) mass is 1090 g/mol. The molecule has 428 valence electrons. The van der Waals surface area contributed by atoms with Gasteiger partial charge in [-0.2, -0.15) is 0 Å². The van der Waals surface area contributed by atoms with Gasteiger partial charge in [0.2, 0.25) is 47.3 Å². The molecule has 1 rings (SSSR count). The predicted octanol–water partition coefficient (Wildman–Crippen LogP) is -6.44. The van der Waals surface area contributed by atoms with Gasteiger partial charge in [-0.05, 0) is 90.5 Å². The summed E-state index contributed by atoms with van der Waals surface area (Å²) >= 11 is 0. The lowest BCUT2D eigenvalue weighted by atomic mass is 10.0. The van der Waals surface area contributed by atoms with Gasteiger partial charge in [0.25, 0.3) is 5.91 Å². The average molecular weight is 1090 g/mol. The summed E-state index contributed by atoms with van der Waals surface area (Å²) in [4.78, 5) is 160. The van der Waals surface area contributed by atoms with Crippen LogP contribution in [0.1, 0.15) is 78.2 Å². The molecule has 0 aliphatic carbocycles. The lowest BCUT2D eigenvalue weighted by Gasteiger charge is -2.24. The number of nitrogens with zero attached hydrogens (tertiary/aromatic N) is 2. The Morgan fingerprint density at radius 2 is 1.04 bits per heavy atom. The number of aromatic hydroxyl groups is 1. The van der Waals surface area contributed by atoms with E-state index in [1.165, 1.54) is 52.0 Å². The van der Waals surface area contributed by atoms with Crippen molar-refractivity contribution in [1.82, 2.24) is 47.9 Å². The van der Waals surface area contributed by atoms with Crippen LogP contribution in [0.25, 0.3) is 0 Å². The van der Waals surface area contributed by atoms with E-state index in [0.717, 1.165) is 6.21 Å². The van der Waals surface area contributed by atoms with Gasteiger partial charge in [-0.25, -0.2) is 0 Å². The van der Waals surface area contributed by atoms with Crippen molar-refractivity contribution >= 4 is 83.2 Å². The molecule has 0 unspecified atom stereocenters. The van der Waals surface area contributed by atoms with Gasteiger partial charge in [0.15, 0.2) is 12.6 Å². The lowest BCUT2D eigenvalue weighted by Crippen LogP contribution is -2.58. The van der Waals surface area contributed by atoms with Crippen LogP contribution in [0.5, 0.6) is 5.75 Å². The quantitative estimate of drug-likeness (QED) is 0.0129. The number of aliphatic carboxylic acids is 3. The summed E-state index contributed by atoms with van der Waals surface area (Å²) in [5.74, 6) is -12.9. The number of carbonyl (C=O) groups is 12. The van der Waals surface area contributed by atoms with Crippen molar-refractivity contribution in [2.24, 2.45) is 33.1 Å². The number of carboxylic acids is 3. The van der Waals surface area contributed by atoms with Crippen LogP contribution in [0.2, 0.25) is 0 Å². The van der Waals surface area contributed by atoms with Crippen LogP contribution in [-0.4, -0.2) is 184 Å². The topological polar surface area (TPSA) is 532 Å². The van der Waals surface area contributed by atoms with E-state index in [4.69, 9.17) is 32.9 Å². The molecule has 9 atom stereocenters. The predicted molar refractivity (Wildman–Crippen MR) is 270 cm³/mol. The number of amides is 9. The Morgan fingerprint density at radius 3 is 1.52 bits per heavy atom. The zero-order chi connectivity index (χ0) is 58.4. The summed E-state index contributed by atoms with van der Waals surface area (Å²) in [6.45, 7) is 4.07. The van der Waals surface area contributed by atoms with Gasteiger partial charge in [-0.15, -0.1) is 0 Å². The maximum atomic E-state index is 13.3. The number of nitrogens with two attached hydrogens (primary N) is 4. The normalized spacial score (nSPS) is 14.4. The summed E-state index contributed by atoms with van der Waals surface area (Å²) in [5, 5.41) is 61.8. The van der Waals surface area contributed by atoms with Gasteiger partial charge in [0, 0.05) is 6.54 Å². The van der Waals surface area contributed by atoms with Crippen molar-refractivity contribution in [3.63, 3.8) is 0 Å². The molecule has 0 spiro atoms. The number of nitrogens with one attached hydrogen (secondary N) is 9. The molecule has 0 bridgehead atoms. The zero-order valence-electron chi connectivity index (χ0n) is 42.9. The molecule has 0 radical (unpaired) electrons. The number of rotatable bonds is 36. The Labute approximate surface area is 441 Å². The largest absolute Gasteiger partial charge is 0.508 e. The van der Waals surface area contributed by atoms with Gasteiger partial charge in [0.1, 0.15) is 54.1 Å². The number of hydrogen-bond acceptors (Lipinski definition) is 18. The smallest absolute Gasteiger partial charge is 0.325 e. The molecule has 0 aliphatic rings. The second-order valence-electron chi connectivity index (χ2n) is 17.3. The molecule has 0 aromatic heterocycles. The highest BCUT2D eigenvalue weighted by atomic mass is 16.6. The number of benzene rings is 1. The van der Waals surface area contributed by atoms with Crippen molar-refractivity contribution in [1.29, 1.82) is 0 Å². The molecular weight excluding hydrogens is 1020 g/mol. The third-order valence-electron chi connectivity index (χ3n) is 10.6. The molecule has 32 heteroatoms. The number of carboxylic acid groups (broad SMARTS) is 3. The van der Waals surface area contributed by atoms with Crippen LogP contribution in [0.3, 0.4) is 0 Å². The summed E-state index contributed by atoms with van der Waals surface area (Å²) in [5.41, 5.74) is 22.7. The van der Waals surface area contributed by atoms with E-state index in [0.29, 0.717) is 18.4 Å². The van der Waals surface area contributed by atoms with Gasteiger partial charge in [-0.3, -0.25) is 62.5 Å². The minimum atomic E-state index is -1.74. The maximum absolute atomic E-state index is 13.3. The van der Waals surface area contributed by atoms with Crippen LogP contribution in [0.4, 0.5) is 0 Å². The average Bonchev–Trinajstić information content (AvgIpc) is 3.34. The van der Waals surface area contributed by atoms with Gasteiger partial charge in [0.05, 0.1) is 31.6 Å². The van der Waals surface area contributed by atoms with Crippen LogP contribution >= 0.6 is 0 Å². The minimum absolute atomic E-state index is 0.0181. The van der Waals surface area contributed by atoms with Gasteiger partial charge >= 0.3 is 17.9 Å². The molecule has 0 heterocycles. The van der Waals surface area contributed by atoms with Crippen LogP contribution in [0, 0.1) is 0 Å². The Balaban J connectivity index is 2.80. The third-order valence-corrected chi connectivity index (χ3v) is 10.6. The Kier molecular flexibility index (Phi) is 29.9. The molecular formula is C45H71N15O17. The molecule has 0 fully saturated rings. The molecule has 0 aliphatic heterocycles. The highest BCUT2D eigenvalue weighted by Crippen LogP contribution is 2.11. The fourth-order valence-corrected chi connectivity index (χ4v) is 6.39. The first-order chi connectivity index (χ1) is 36.1. The van der Waals surface area contributed by atoms with E-state index >= 15 is 0 Å². The van der Waals surface area contributed by atoms with E-state index in [2.05, 4.69) is 58.0 Å². The number of aliphatic imine (C=N–C) groups is 1. The van der Waals surface area contributed by atoms with Crippen molar-refractivity contribution < 1.29 is 82.8 Å². The van der Waals surface area contributed by atoms with E-state index in [-0.39, 0.29) is 57.0 Å². The van der Waals surface area contributed by atoms with E-state index in [1.807, 2.05) is 0 Å². The van der Waals surface area contributed by atoms with Gasteiger partial charge < -0.3 is 96.0 Å². The van der Waals surface area contributed by atoms with Crippen LogP contribution < -0.4 is 70.8 Å². The Hall–Kier alpha value is -8.68. The molecule has 21 N–H and O–H groups in total. The fourth-order valence-electron chi connectivity index (χ4n) is 6.39. The van der Waals surface area contributed by atoms with Crippen LogP contribution in [-0.2, 0) is 68.8 Å². The number of guanidine groups is 1. The number of phenolic OH excluding ortho intramolecular Hbond substituents is 1. The lowest BCUT2D eigenvalue weighted by molar-refractivity contribution is -0.142. The van der Waals surface area contributed by atoms with E-state index in [9.17, 15) is 72.9 Å². The number of unbranched alkanes of at least 4 members (excludes halogenated alkanes) is 1. The van der Waals surface area contributed by atoms with Gasteiger partial charge in [-0.1, -0.05) is 17.3 Å². The zero-order valence-corrected chi connectivity index (χ0v) is 42.9. The first-order valence-corrected chi connectivity index (χ1v) is 23.9. The molecule has 0 saturated carbocycles. The second-order valence-corrected chi connectivity index (χ2v) is 17.3. The fraction of sp³-hybridized carbons (Fsp3) is 0.556. The molecule has 77 heavy (non-hydrogen) atoms. The summed E-state index contributed by atoms with van der Waals surface area (Å²) in [7, 11) is 0. The first kappa shape index (κ1) is 66.3. The Bertz CT molecular complexity index is 2280. The van der Waals surface area contributed by atoms with Crippen molar-refractivity contribution in [3.05, 3.63) is 29.8 Å². The highest BCUT2D eigenvalue weighted by Gasteiger charge is 2.32. The Morgan fingerprint density at radius 1 is 0.584 bits per heavy atom. The molecule has 0 saturated heterocycles. The molecule has 32 nitrogen and oxygen atoms in total. The van der Waals surface area contributed by atoms with E-state index < -0.39 is 145 Å². The SMILES string of the molecule is C[C@H](NC(=O)[C@H](CCCN=C(N)N)NC(=O)[C@H](C)NC(=O)[C@H](CC(=O)O)NC(=O)CO/N=C/CNC(=O)[C@H](C)NC(=O)[C@H](CCCCN)NC(=O)[C@H](C)NC(=O)[C@H](CC(=O)O)NC(=O)[C@@H](N)Cc1ccc(O)cc1)C(=O)O. The number of oxime groups is 1. The second kappa shape index (κ2) is 34.7. The standard InChI is InChI=1S/C45H71N15O17/c1-22(53-40(71)29(8-5-6-14-46)58-37(68)24(3)55-43(74)32(20-35(65)66)60-39(70)28(47)18-26-10-12-27(61)13-11-26)36(67)50-16-17-52-77-21-33(62)57-31(19-34(63)64)42(73)54-23(2)38(69)59-30(9-7-15-51-45(48)49)41(72)56-25(4)44(75)76/h10-13,17,22-25,28-32,61H,5-9,14-16,18-21,46-47H2,1-4H3,(H,50,67)(H,53,71)(H,54,73)(H,55,74)(H,56,72)(H,57,62)(H,58,68)(H,59,69)(H,60,70)(H,63,64)(H,65,66)(H,75,76)(H4,48,49,51)/b52-17+/t22-,23-,24-,25-,28-,29-,30-,31-,32-/m0/s1. The number of hydrogen-bond donors (Lipinski definition) is 17. The number of phenols is 1. The molecule has 9 amide bonds. The molecule has 1 aromatic carbocycles. The minimum Gasteiger partial charge on any atom is -0.508 e. The molecule has 1 aromatic rings. The van der Waals surface area contributed by atoms with Crippen LogP contribution in [0.15, 0.2) is 34.4 Å². The summed E-state index contributed by atoms with van der Waals surface area (Å²) in [6.07, 6.45) is 0.106. The van der Waals surface area contributed by atoms with Crippen molar-refractivity contribution in [2.45, 2.75) is 133 Å². The highest BCUT2D eigenvalue weighted by molar-refractivity contribution is 5.98. The third kappa shape index (κ3) is 27.4. The summed E-state index contributed by atoms with van der Waals surface area (Å²) in [6, 6.07) is -6.71. The van der Waals surface area contributed by atoms with E-state index in [1.54, 1.807) is 0 Å². The number of carbonyl (C=O) groups excluding carboxylic acids is 9. The maximum Gasteiger partial charge on any atom is 0.325 e. The first-order valence-electron chi connectivity index (χ1n) is 23.9.